The highest BCUT2D eigenvalue weighted by Gasteiger charge is 2.06. The van der Waals surface area contributed by atoms with Gasteiger partial charge in [-0.05, 0) is 6.07 Å². The van der Waals surface area contributed by atoms with Crippen LogP contribution in [0.5, 0.6) is 0 Å². The fourth-order valence-electron chi connectivity index (χ4n) is 1.94. The summed E-state index contributed by atoms with van der Waals surface area (Å²) in [7, 11) is 5.12. The Labute approximate surface area is 124 Å². The van der Waals surface area contributed by atoms with Crippen LogP contribution in [-0.2, 0) is 22.7 Å². The molecule has 0 unspecified atom stereocenters. The van der Waals surface area contributed by atoms with Gasteiger partial charge in [0.15, 0.2) is 5.82 Å². The molecule has 6 nitrogen and oxygen atoms in total. The number of aromatic nitrogens is 2. The van der Waals surface area contributed by atoms with E-state index in [0.717, 1.165) is 17.1 Å². The Morgan fingerprint density at radius 1 is 1.00 bits per heavy atom. The lowest BCUT2D eigenvalue weighted by Crippen LogP contribution is -2.05. The van der Waals surface area contributed by atoms with E-state index in [9.17, 15) is 0 Å². The zero-order valence-electron chi connectivity index (χ0n) is 12.5. The molecule has 1 aromatic heterocycles. The largest absolute Gasteiger partial charge is 0.380 e. The van der Waals surface area contributed by atoms with Crippen LogP contribution in [0, 0.1) is 0 Å². The minimum atomic E-state index is 0.365. The molecule has 2 rings (SSSR count). The van der Waals surface area contributed by atoms with Gasteiger partial charge < -0.3 is 20.1 Å². The van der Waals surface area contributed by atoms with Gasteiger partial charge in [0.1, 0.15) is 18.2 Å². The summed E-state index contributed by atoms with van der Waals surface area (Å²) in [5, 5.41) is 6.32. The number of hydrogen-bond acceptors (Lipinski definition) is 6. The molecule has 0 aliphatic heterocycles. The molecule has 0 aliphatic carbocycles. The molecule has 0 atom stereocenters. The van der Waals surface area contributed by atoms with Crippen molar-refractivity contribution in [1.29, 1.82) is 0 Å². The fourth-order valence-corrected chi connectivity index (χ4v) is 1.94. The summed E-state index contributed by atoms with van der Waals surface area (Å²) in [6, 6.07) is 9.81. The molecule has 0 amide bonds. The Morgan fingerprint density at radius 3 is 2.43 bits per heavy atom. The van der Waals surface area contributed by atoms with E-state index in [1.54, 1.807) is 14.2 Å². The third kappa shape index (κ3) is 4.14. The first-order valence-corrected chi connectivity index (χ1v) is 6.65. The quantitative estimate of drug-likeness (QED) is 0.816. The molecule has 21 heavy (non-hydrogen) atoms. The van der Waals surface area contributed by atoms with Crippen molar-refractivity contribution < 1.29 is 9.47 Å². The molecule has 1 aromatic carbocycles. The SMILES string of the molecule is CNc1cc(Nc2ccccc2COC)nc(COC)n1. The molecule has 0 spiro atoms. The second kappa shape index (κ2) is 7.56. The number of ether oxygens (including phenoxy) is 2. The lowest BCUT2D eigenvalue weighted by molar-refractivity contribution is 0.178. The lowest BCUT2D eigenvalue weighted by Gasteiger charge is -2.12. The van der Waals surface area contributed by atoms with Crippen LogP contribution in [0.15, 0.2) is 30.3 Å². The number of nitrogens with zero attached hydrogens (tertiary/aromatic N) is 2. The van der Waals surface area contributed by atoms with Crippen LogP contribution in [0.1, 0.15) is 11.4 Å². The van der Waals surface area contributed by atoms with Gasteiger partial charge in [-0.2, -0.15) is 0 Å². The number of para-hydroxylation sites is 1. The Balaban J connectivity index is 2.28. The molecule has 1 heterocycles. The molecular formula is C15H20N4O2. The minimum absolute atomic E-state index is 0.365. The first-order valence-electron chi connectivity index (χ1n) is 6.65. The molecule has 6 heteroatoms. The van der Waals surface area contributed by atoms with Crippen LogP contribution in [0.2, 0.25) is 0 Å². The van der Waals surface area contributed by atoms with Crippen LogP contribution in [0.3, 0.4) is 0 Å². The van der Waals surface area contributed by atoms with E-state index >= 15 is 0 Å². The number of nitrogens with one attached hydrogen (secondary N) is 2. The summed E-state index contributed by atoms with van der Waals surface area (Å²) in [5.74, 6) is 2.07. The van der Waals surface area contributed by atoms with Crippen molar-refractivity contribution in [2.24, 2.45) is 0 Å². The molecule has 0 saturated carbocycles. The lowest BCUT2D eigenvalue weighted by atomic mass is 10.2. The maximum Gasteiger partial charge on any atom is 0.158 e. The maximum atomic E-state index is 5.21. The topological polar surface area (TPSA) is 68.3 Å². The number of rotatable bonds is 7. The van der Waals surface area contributed by atoms with Crippen molar-refractivity contribution in [3.8, 4) is 0 Å². The first-order chi connectivity index (χ1) is 10.3. The Bertz CT molecular complexity index is 590. The molecule has 0 bridgehead atoms. The van der Waals surface area contributed by atoms with Gasteiger partial charge in [-0.15, -0.1) is 0 Å². The van der Waals surface area contributed by atoms with Crippen molar-refractivity contribution in [1.82, 2.24) is 9.97 Å². The number of methoxy groups -OCH3 is 2. The van der Waals surface area contributed by atoms with E-state index in [-0.39, 0.29) is 0 Å². The first kappa shape index (κ1) is 15.2. The van der Waals surface area contributed by atoms with Crippen LogP contribution in [-0.4, -0.2) is 31.2 Å². The summed E-state index contributed by atoms with van der Waals surface area (Å²) in [6.45, 7) is 0.905. The molecule has 0 aliphatic rings. The van der Waals surface area contributed by atoms with Gasteiger partial charge in [-0.1, -0.05) is 18.2 Å². The second-order valence-corrected chi connectivity index (χ2v) is 4.45. The predicted octanol–water partition coefficient (Wildman–Crippen LogP) is 2.55. The highest BCUT2D eigenvalue weighted by molar-refractivity contribution is 5.62. The Hall–Kier alpha value is -2.18. The van der Waals surface area contributed by atoms with E-state index in [1.807, 2.05) is 37.4 Å². The van der Waals surface area contributed by atoms with E-state index in [0.29, 0.717) is 24.9 Å². The van der Waals surface area contributed by atoms with Crippen molar-refractivity contribution in [3.63, 3.8) is 0 Å². The number of benzene rings is 1. The van der Waals surface area contributed by atoms with Crippen LogP contribution >= 0.6 is 0 Å². The monoisotopic (exact) mass is 288 g/mol. The summed E-state index contributed by atoms with van der Waals surface area (Å²) >= 11 is 0. The fraction of sp³-hybridized carbons (Fsp3) is 0.333. The highest BCUT2D eigenvalue weighted by atomic mass is 16.5. The van der Waals surface area contributed by atoms with Gasteiger partial charge in [0.2, 0.25) is 0 Å². The molecule has 2 N–H and O–H groups in total. The van der Waals surface area contributed by atoms with Crippen molar-refractivity contribution in [3.05, 3.63) is 41.7 Å². The van der Waals surface area contributed by atoms with Crippen molar-refractivity contribution in [2.45, 2.75) is 13.2 Å². The third-order valence-corrected chi connectivity index (χ3v) is 2.88. The summed E-state index contributed by atoms with van der Waals surface area (Å²) in [5.41, 5.74) is 2.03. The van der Waals surface area contributed by atoms with E-state index in [4.69, 9.17) is 9.47 Å². The standard InChI is InChI=1S/C15H20N4O2/c1-16-13-8-14(19-15(18-13)10-21-3)17-12-7-5-4-6-11(12)9-20-2/h4-8H,9-10H2,1-3H3,(H2,16,17,18,19). The van der Waals surface area contributed by atoms with Gasteiger partial charge in [-0.3, -0.25) is 0 Å². The van der Waals surface area contributed by atoms with Gasteiger partial charge in [0, 0.05) is 38.6 Å². The maximum absolute atomic E-state index is 5.21. The average Bonchev–Trinajstić information content (AvgIpc) is 2.49. The summed E-state index contributed by atoms with van der Waals surface area (Å²) in [4.78, 5) is 8.77. The zero-order chi connectivity index (χ0) is 15.1. The Morgan fingerprint density at radius 2 is 1.71 bits per heavy atom. The minimum Gasteiger partial charge on any atom is -0.380 e. The summed E-state index contributed by atoms with van der Waals surface area (Å²) in [6.07, 6.45) is 0. The number of anilines is 3. The molecule has 2 aromatic rings. The number of hydrogen-bond donors (Lipinski definition) is 2. The molecule has 0 saturated heterocycles. The third-order valence-electron chi connectivity index (χ3n) is 2.88. The smallest absolute Gasteiger partial charge is 0.158 e. The highest BCUT2D eigenvalue weighted by Crippen LogP contribution is 2.21. The van der Waals surface area contributed by atoms with Gasteiger partial charge >= 0.3 is 0 Å². The van der Waals surface area contributed by atoms with Crippen molar-refractivity contribution in [2.75, 3.05) is 31.9 Å². The average molecular weight is 288 g/mol. The normalized spacial score (nSPS) is 10.4. The molecule has 112 valence electrons. The zero-order valence-corrected chi connectivity index (χ0v) is 12.5. The van der Waals surface area contributed by atoms with Crippen LogP contribution < -0.4 is 10.6 Å². The molecule has 0 fully saturated rings. The van der Waals surface area contributed by atoms with Crippen molar-refractivity contribution >= 4 is 17.3 Å². The van der Waals surface area contributed by atoms with E-state index in [2.05, 4.69) is 20.6 Å². The second-order valence-electron chi connectivity index (χ2n) is 4.45. The van der Waals surface area contributed by atoms with Crippen LogP contribution in [0.25, 0.3) is 0 Å². The molecular weight excluding hydrogens is 268 g/mol. The van der Waals surface area contributed by atoms with Gasteiger partial charge in [0.25, 0.3) is 0 Å². The Kier molecular flexibility index (Phi) is 5.48. The van der Waals surface area contributed by atoms with Gasteiger partial charge in [0.05, 0.1) is 6.61 Å². The van der Waals surface area contributed by atoms with E-state index < -0.39 is 0 Å². The van der Waals surface area contributed by atoms with Gasteiger partial charge in [-0.25, -0.2) is 9.97 Å². The summed E-state index contributed by atoms with van der Waals surface area (Å²) < 4.78 is 10.3. The predicted molar refractivity (Wildman–Crippen MR) is 82.7 cm³/mol. The molecule has 0 radical (unpaired) electrons. The van der Waals surface area contributed by atoms with E-state index in [1.165, 1.54) is 0 Å². The van der Waals surface area contributed by atoms with Crippen LogP contribution in [0.4, 0.5) is 17.3 Å².